The Kier molecular flexibility index (Phi) is 1.55. The second-order valence-electron chi connectivity index (χ2n) is 2.71. The van der Waals surface area contributed by atoms with Crippen molar-refractivity contribution in [2.45, 2.75) is 0 Å². The number of hydrogen-bond acceptors (Lipinski definition) is 2. The number of fused-ring (bicyclic) bond motifs is 1. The lowest BCUT2D eigenvalue weighted by Crippen LogP contribution is -2.02. The maximum Gasteiger partial charge on any atom is 0.251 e. The van der Waals surface area contributed by atoms with Gasteiger partial charge in [-0.15, -0.1) is 0 Å². The van der Waals surface area contributed by atoms with Gasteiger partial charge in [-0.05, 0) is 23.6 Å². The van der Waals surface area contributed by atoms with Crippen LogP contribution < -0.4 is 5.56 Å². The average Bonchev–Trinajstić information content (AvgIpc) is 2.02. The van der Waals surface area contributed by atoms with Crippen molar-refractivity contribution in [3.8, 4) is 5.88 Å². The number of pyridine rings is 1. The van der Waals surface area contributed by atoms with Crippen LogP contribution in [0.15, 0.2) is 29.1 Å². The lowest BCUT2D eigenvalue weighted by atomic mass is 10.2. The molecular weight excluding hydrogens is 173 g/mol. The van der Waals surface area contributed by atoms with Crippen LogP contribution in [0.1, 0.15) is 0 Å². The lowest BCUT2D eigenvalue weighted by Gasteiger charge is -1.98. The molecule has 4 heteroatoms. The highest BCUT2D eigenvalue weighted by Gasteiger charge is 2.01. The van der Waals surface area contributed by atoms with Gasteiger partial charge in [-0.25, -0.2) is 4.39 Å². The summed E-state index contributed by atoms with van der Waals surface area (Å²) in [6.07, 6.45) is 0. The van der Waals surface area contributed by atoms with Gasteiger partial charge in [0.2, 0.25) is 0 Å². The summed E-state index contributed by atoms with van der Waals surface area (Å²) in [5, 5.41) is 10.1. The molecule has 0 radical (unpaired) electrons. The van der Waals surface area contributed by atoms with Crippen LogP contribution in [0.2, 0.25) is 0 Å². The number of aromatic nitrogens is 1. The third kappa shape index (κ3) is 1.26. The summed E-state index contributed by atoms with van der Waals surface area (Å²) < 4.78 is 12.7. The van der Waals surface area contributed by atoms with Gasteiger partial charge in [0, 0.05) is 11.5 Å². The van der Waals surface area contributed by atoms with Crippen LogP contribution in [0, 0.1) is 5.82 Å². The summed E-state index contributed by atoms with van der Waals surface area (Å²) in [4.78, 5) is 13.1. The molecule has 1 heterocycles. The van der Waals surface area contributed by atoms with Gasteiger partial charge in [0.05, 0.1) is 0 Å². The zero-order valence-corrected chi connectivity index (χ0v) is 6.54. The highest BCUT2D eigenvalue weighted by molar-refractivity contribution is 5.86. The first-order valence-corrected chi connectivity index (χ1v) is 3.68. The standard InChI is InChI=1S/C9H6FNO2/c10-6-1-2-7-5(3-6)4-8(12)11-9(7)13/h1-4H,(H2,11,12,13). The van der Waals surface area contributed by atoms with Crippen LogP contribution in [0.25, 0.3) is 10.8 Å². The van der Waals surface area contributed by atoms with Crippen molar-refractivity contribution < 1.29 is 9.50 Å². The van der Waals surface area contributed by atoms with E-state index < -0.39 is 11.4 Å². The van der Waals surface area contributed by atoms with Crippen molar-refractivity contribution in [2.75, 3.05) is 0 Å². The minimum absolute atomic E-state index is 0.234. The Labute approximate surface area is 72.5 Å². The summed E-state index contributed by atoms with van der Waals surface area (Å²) in [5.41, 5.74) is -0.449. The monoisotopic (exact) mass is 179 g/mol. The zero-order chi connectivity index (χ0) is 9.42. The molecule has 1 aromatic carbocycles. The smallest absolute Gasteiger partial charge is 0.251 e. The van der Waals surface area contributed by atoms with E-state index >= 15 is 0 Å². The van der Waals surface area contributed by atoms with E-state index in [-0.39, 0.29) is 5.88 Å². The minimum atomic E-state index is -0.449. The molecule has 0 amide bonds. The minimum Gasteiger partial charge on any atom is -0.494 e. The van der Waals surface area contributed by atoms with Gasteiger partial charge in [0.1, 0.15) is 5.82 Å². The van der Waals surface area contributed by atoms with E-state index in [1.165, 1.54) is 24.3 Å². The predicted molar refractivity (Wildman–Crippen MR) is 46.2 cm³/mol. The number of aromatic hydroxyl groups is 1. The summed E-state index contributed by atoms with van der Waals surface area (Å²) in [6.45, 7) is 0. The Morgan fingerprint density at radius 2 is 2.08 bits per heavy atom. The normalized spacial score (nSPS) is 10.5. The number of hydrogen-bond donors (Lipinski definition) is 2. The van der Waals surface area contributed by atoms with Crippen molar-refractivity contribution in [1.82, 2.24) is 4.98 Å². The molecule has 0 aliphatic heterocycles. The molecule has 0 saturated carbocycles. The van der Waals surface area contributed by atoms with Crippen molar-refractivity contribution in [3.63, 3.8) is 0 Å². The average molecular weight is 179 g/mol. The number of halogens is 1. The molecule has 0 aliphatic rings. The van der Waals surface area contributed by atoms with Gasteiger partial charge >= 0.3 is 0 Å². The molecule has 0 atom stereocenters. The molecule has 0 saturated heterocycles. The number of benzene rings is 1. The Hall–Kier alpha value is -1.84. The van der Waals surface area contributed by atoms with Crippen LogP contribution in [-0.2, 0) is 0 Å². The first-order chi connectivity index (χ1) is 6.16. The fourth-order valence-electron chi connectivity index (χ4n) is 1.23. The van der Waals surface area contributed by atoms with E-state index in [0.29, 0.717) is 10.8 Å². The zero-order valence-electron chi connectivity index (χ0n) is 6.54. The first kappa shape index (κ1) is 7.79. The molecule has 0 bridgehead atoms. The maximum atomic E-state index is 12.7. The third-order valence-electron chi connectivity index (χ3n) is 1.80. The Bertz CT molecular complexity index is 518. The molecule has 0 aliphatic carbocycles. The number of aromatic amines is 1. The van der Waals surface area contributed by atoms with Gasteiger partial charge in [-0.1, -0.05) is 0 Å². The van der Waals surface area contributed by atoms with Gasteiger partial charge < -0.3 is 5.11 Å². The number of H-pyrrole nitrogens is 1. The third-order valence-corrected chi connectivity index (χ3v) is 1.80. The second-order valence-corrected chi connectivity index (χ2v) is 2.71. The van der Waals surface area contributed by atoms with Crippen molar-refractivity contribution >= 4 is 10.8 Å². The van der Waals surface area contributed by atoms with E-state index in [0.717, 1.165) is 0 Å². The van der Waals surface area contributed by atoms with E-state index in [1.54, 1.807) is 0 Å². The molecule has 0 spiro atoms. The molecule has 66 valence electrons. The summed E-state index contributed by atoms with van der Waals surface area (Å²) >= 11 is 0. The van der Waals surface area contributed by atoms with E-state index in [1.807, 2.05) is 0 Å². The molecule has 2 aromatic rings. The van der Waals surface area contributed by atoms with Gasteiger partial charge in [0.25, 0.3) is 5.56 Å². The SMILES string of the molecule is O=c1cc2cc(F)ccc2c(O)[nH]1. The van der Waals surface area contributed by atoms with Crippen LogP contribution in [0.5, 0.6) is 5.88 Å². The molecule has 0 fully saturated rings. The fourth-order valence-corrected chi connectivity index (χ4v) is 1.23. The molecule has 2 rings (SSSR count). The lowest BCUT2D eigenvalue weighted by molar-refractivity contribution is 0.458. The molecule has 2 N–H and O–H groups in total. The number of rotatable bonds is 0. The van der Waals surface area contributed by atoms with Gasteiger partial charge in [-0.3, -0.25) is 9.78 Å². The fraction of sp³-hybridized carbons (Fsp3) is 0. The summed E-state index contributed by atoms with van der Waals surface area (Å²) in [5.74, 6) is -0.667. The van der Waals surface area contributed by atoms with E-state index in [9.17, 15) is 14.3 Å². The molecular formula is C9H6FNO2. The quantitative estimate of drug-likeness (QED) is 0.641. The van der Waals surface area contributed by atoms with Crippen LogP contribution >= 0.6 is 0 Å². The Morgan fingerprint density at radius 1 is 1.31 bits per heavy atom. The number of nitrogens with one attached hydrogen (secondary N) is 1. The van der Waals surface area contributed by atoms with Crippen molar-refractivity contribution in [3.05, 3.63) is 40.4 Å². The van der Waals surface area contributed by atoms with Crippen LogP contribution in [0.3, 0.4) is 0 Å². The molecule has 1 aromatic heterocycles. The van der Waals surface area contributed by atoms with Crippen LogP contribution in [-0.4, -0.2) is 10.1 Å². The summed E-state index contributed by atoms with van der Waals surface area (Å²) in [7, 11) is 0. The molecule has 0 unspecified atom stereocenters. The Morgan fingerprint density at radius 3 is 2.85 bits per heavy atom. The second kappa shape index (κ2) is 2.58. The van der Waals surface area contributed by atoms with Crippen molar-refractivity contribution in [1.29, 1.82) is 0 Å². The molecule has 13 heavy (non-hydrogen) atoms. The topological polar surface area (TPSA) is 53.1 Å². The Balaban J connectivity index is 2.94. The van der Waals surface area contributed by atoms with E-state index in [4.69, 9.17) is 0 Å². The maximum absolute atomic E-state index is 12.7. The van der Waals surface area contributed by atoms with Crippen molar-refractivity contribution in [2.24, 2.45) is 0 Å². The largest absolute Gasteiger partial charge is 0.494 e. The van der Waals surface area contributed by atoms with E-state index in [2.05, 4.69) is 4.98 Å². The first-order valence-electron chi connectivity index (χ1n) is 3.68. The highest BCUT2D eigenvalue weighted by atomic mass is 19.1. The van der Waals surface area contributed by atoms with Gasteiger partial charge in [-0.2, -0.15) is 0 Å². The predicted octanol–water partition coefficient (Wildman–Crippen LogP) is 1.37. The summed E-state index contributed by atoms with van der Waals surface area (Å²) in [6, 6.07) is 5.07. The molecule has 3 nitrogen and oxygen atoms in total. The van der Waals surface area contributed by atoms with Crippen LogP contribution in [0.4, 0.5) is 4.39 Å². The van der Waals surface area contributed by atoms with Gasteiger partial charge in [0.15, 0.2) is 5.88 Å². The highest BCUT2D eigenvalue weighted by Crippen LogP contribution is 2.20.